The van der Waals surface area contributed by atoms with E-state index in [2.05, 4.69) is 18.6 Å². The Balaban J connectivity index is 3.31. The largest absolute Gasteiger partial charge is 0.469 e. The standard InChI is InChI=1S/C10H19O2/c1-4-5-6-7-8-9(2)10(11)12-3/h9H,2,4-8H2,1,3H3. The summed E-state index contributed by atoms with van der Waals surface area (Å²) in [5.41, 5.74) is 0. The molecule has 0 heterocycles. The number of carbonyl (C=O) groups excluding carboxylic acids is 1. The fraction of sp³-hybridized carbons (Fsp3) is 0.800. The molecule has 1 radical (unpaired) electrons. The second-order valence-corrected chi connectivity index (χ2v) is 3.07. The lowest BCUT2D eigenvalue weighted by Crippen LogP contribution is -2.12. The Morgan fingerprint density at radius 1 is 1.42 bits per heavy atom. The van der Waals surface area contributed by atoms with Gasteiger partial charge in [0.25, 0.3) is 0 Å². The number of esters is 1. The monoisotopic (exact) mass is 171 g/mol. The van der Waals surface area contributed by atoms with Crippen molar-refractivity contribution in [3.05, 3.63) is 6.92 Å². The van der Waals surface area contributed by atoms with E-state index in [-0.39, 0.29) is 11.9 Å². The average molecular weight is 171 g/mol. The summed E-state index contributed by atoms with van der Waals surface area (Å²) in [5, 5.41) is 0. The number of carbonyl (C=O) groups is 1. The first-order valence-corrected chi connectivity index (χ1v) is 4.63. The van der Waals surface area contributed by atoms with Gasteiger partial charge in [0, 0.05) is 0 Å². The Labute approximate surface area is 75.3 Å². The Kier molecular flexibility index (Phi) is 6.82. The van der Waals surface area contributed by atoms with Crippen molar-refractivity contribution in [2.24, 2.45) is 5.92 Å². The van der Waals surface area contributed by atoms with E-state index in [0.717, 1.165) is 12.8 Å². The maximum Gasteiger partial charge on any atom is 0.308 e. The third-order valence-corrected chi connectivity index (χ3v) is 1.94. The van der Waals surface area contributed by atoms with Crippen LogP contribution in [0.15, 0.2) is 0 Å². The van der Waals surface area contributed by atoms with Crippen molar-refractivity contribution in [2.45, 2.75) is 39.0 Å². The van der Waals surface area contributed by atoms with E-state index in [4.69, 9.17) is 0 Å². The predicted octanol–water partition coefficient (Wildman–Crippen LogP) is 2.58. The van der Waals surface area contributed by atoms with Crippen LogP contribution in [0.4, 0.5) is 0 Å². The SMILES string of the molecule is [CH2]C(CCCCCC)C(=O)OC. The number of hydrogen-bond donors (Lipinski definition) is 0. The van der Waals surface area contributed by atoms with Crippen molar-refractivity contribution in [3.63, 3.8) is 0 Å². The molecule has 1 unspecified atom stereocenters. The first-order chi connectivity index (χ1) is 5.72. The van der Waals surface area contributed by atoms with Crippen molar-refractivity contribution < 1.29 is 9.53 Å². The van der Waals surface area contributed by atoms with E-state index >= 15 is 0 Å². The second kappa shape index (κ2) is 7.14. The minimum Gasteiger partial charge on any atom is -0.469 e. The Morgan fingerprint density at radius 3 is 2.58 bits per heavy atom. The quantitative estimate of drug-likeness (QED) is 0.453. The molecular weight excluding hydrogens is 152 g/mol. The Hall–Kier alpha value is -0.530. The van der Waals surface area contributed by atoms with Crippen molar-refractivity contribution in [3.8, 4) is 0 Å². The maximum atomic E-state index is 10.9. The fourth-order valence-electron chi connectivity index (χ4n) is 1.10. The minimum absolute atomic E-state index is 0.174. The molecule has 0 aliphatic carbocycles. The van der Waals surface area contributed by atoms with Gasteiger partial charge in [-0.1, -0.05) is 32.6 Å². The van der Waals surface area contributed by atoms with Gasteiger partial charge in [0.2, 0.25) is 0 Å². The molecule has 0 amide bonds. The highest BCUT2D eigenvalue weighted by atomic mass is 16.5. The topological polar surface area (TPSA) is 26.3 Å². The molecule has 0 N–H and O–H groups in total. The lowest BCUT2D eigenvalue weighted by Gasteiger charge is -2.07. The number of unbranched alkanes of at least 4 members (excludes halogenated alkanes) is 3. The van der Waals surface area contributed by atoms with E-state index in [1.54, 1.807) is 0 Å². The molecule has 0 saturated heterocycles. The van der Waals surface area contributed by atoms with Gasteiger partial charge in [-0.3, -0.25) is 4.79 Å². The average Bonchev–Trinajstić information content (AvgIpc) is 2.10. The summed E-state index contributed by atoms with van der Waals surface area (Å²) in [5.74, 6) is -0.363. The zero-order valence-electron chi connectivity index (χ0n) is 8.14. The summed E-state index contributed by atoms with van der Waals surface area (Å²) >= 11 is 0. The highest BCUT2D eigenvalue weighted by Crippen LogP contribution is 2.10. The molecule has 0 bridgehead atoms. The van der Waals surface area contributed by atoms with Crippen LogP contribution in [0.2, 0.25) is 0 Å². The molecule has 0 rings (SSSR count). The smallest absolute Gasteiger partial charge is 0.308 e. The zero-order valence-corrected chi connectivity index (χ0v) is 8.14. The van der Waals surface area contributed by atoms with Crippen LogP contribution in [-0.4, -0.2) is 13.1 Å². The van der Waals surface area contributed by atoms with Gasteiger partial charge in [-0.15, -0.1) is 0 Å². The summed E-state index contributed by atoms with van der Waals surface area (Å²) < 4.78 is 4.57. The van der Waals surface area contributed by atoms with Gasteiger partial charge in [0.05, 0.1) is 13.0 Å². The van der Waals surface area contributed by atoms with Gasteiger partial charge in [0.15, 0.2) is 0 Å². The molecule has 0 fully saturated rings. The van der Waals surface area contributed by atoms with Gasteiger partial charge in [-0.2, -0.15) is 0 Å². The minimum atomic E-state index is -0.188. The Bertz CT molecular complexity index is 121. The van der Waals surface area contributed by atoms with Gasteiger partial charge in [-0.05, 0) is 13.3 Å². The number of ether oxygens (including phenoxy) is 1. The molecule has 2 nitrogen and oxygen atoms in total. The molecule has 71 valence electrons. The molecule has 0 aromatic heterocycles. The summed E-state index contributed by atoms with van der Waals surface area (Å²) in [4.78, 5) is 10.9. The van der Waals surface area contributed by atoms with Crippen molar-refractivity contribution in [2.75, 3.05) is 7.11 Å². The van der Waals surface area contributed by atoms with Gasteiger partial charge < -0.3 is 4.74 Å². The van der Waals surface area contributed by atoms with E-state index < -0.39 is 0 Å². The molecule has 0 aliphatic rings. The molecule has 0 aliphatic heterocycles. The normalized spacial score (nSPS) is 12.6. The summed E-state index contributed by atoms with van der Waals surface area (Å²) in [6, 6.07) is 0. The molecule has 1 atom stereocenters. The van der Waals surface area contributed by atoms with Crippen LogP contribution in [0.5, 0.6) is 0 Å². The lowest BCUT2D eigenvalue weighted by molar-refractivity contribution is -0.144. The third kappa shape index (κ3) is 5.16. The molecule has 0 spiro atoms. The van der Waals surface area contributed by atoms with E-state index in [0.29, 0.717) is 0 Å². The van der Waals surface area contributed by atoms with Crippen LogP contribution in [0.25, 0.3) is 0 Å². The highest BCUT2D eigenvalue weighted by molar-refractivity contribution is 5.72. The van der Waals surface area contributed by atoms with E-state index in [1.807, 2.05) is 0 Å². The number of rotatable bonds is 6. The van der Waals surface area contributed by atoms with Crippen LogP contribution >= 0.6 is 0 Å². The van der Waals surface area contributed by atoms with Crippen LogP contribution in [0.3, 0.4) is 0 Å². The Morgan fingerprint density at radius 2 is 2.08 bits per heavy atom. The van der Waals surface area contributed by atoms with Gasteiger partial charge >= 0.3 is 5.97 Å². The molecule has 12 heavy (non-hydrogen) atoms. The molecular formula is C10H19O2. The maximum absolute atomic E-state index is 10.9. The predicted molar refractivity (Wildman–Crippen MR) is 49.6 cm³/mol. The van der Waals surface area contributed by atoms with Crippen molar-refractivity contribution >= 4 is 5.97 Å². The summed E-state index contributed by atoms with van der Waals surface area (Å²) in [7, 11) is 1.41. The fourth-order valence-corrected chi connectivity index (χ4v) is 1.10. The van der Waals surface area contributed by atoms with Gasteiger partial charge in [0.1, 0.15) is 0 Å². The zero-order chi connectivity index (χ0) is 9.40. The van der Waals surface area contributed by atoms with Crippen LogP contribution in [0, 0.1) is 12.8 Å². The second-order valence-electron chi connectivity index (χ2n) is 3.07. The van der Waals surface area contributed by atoms with Crippen LogP contribution in [0.1, 0.15) is 39.0 Å². The van der Waals surface area contributed by atoms with Crippen LogP contribution < -0.4 is 0 Å². The lowest BCUT2D eigenvalue weighted by atomic mass is 10.0. The summed E-state index contributed by atoms with van der Waals surface area (Å²) in [6.45, 7) is 5.90. The van der Waals surface area contributed by atoms with Gasteiger partial charge in [-0.25, -0.2) is 0 Å². The van der Waals surface area contributed by atoms with Crippen molar-refractivity contribution in [1.29, 1.82) is 0 Å². The molecule has 0 aromatic carbocycles. The molecule has 2 heteroatoms. The third-order valence-electron chi connectivity index (χ3n) is 1.94. The number of methoxy groups -OCH3 is 1. The first-order valence-electron chi connectivity index (χ1n) is 4.63. The number of hydrogen-bond acceptors (Lipinski definition) is 2. The highest BCUT2D eigenvalue weighted by Gasteiger charge is 2.11. The van der Waals surface area contributed by atoms with E-state index in [1.165, 1.54) is 26.4 Å². The van der Waals surface area contributed by atoms with Crippen LogP contribution in [-0.2, 0) is 9.53 Å². The first kappa shape index (κ1) is 11.5. The summed E-state index contributed by atoms with van der Waals surface area (Å²) in [6.07, 6.45) is 5.59. The molecule has 0 aromatic rings. The van der Waals surface area contributed by atoms with E-state index in [9.17, 15) is 4.79 Å². The van der Waals surface area contributed by atoms with Crippen molar-refractivity contribution in [1.82, 2.24) is 0 Å². The molecule has 0 saturated carbocycles.